The summed E-state index contributed by atoms with van der Waals surface area (Å²) in [5.41, 5.74) is 7.55. The van der Waals surface area contributed by atoms with Crippen molar-refractivity contribution in [3.8, 4) is 0 Å². The molecule has 0 bridgehead atoms. The lowest BCUT2D eigenvalue weighted by Crippen LogP contribution is -2.34. The number of amides is 1. The minimum Gasteiger partial charge on any atom is -0.328 e. The van der Waals surface area contributed by atoms with Crippen LogP contribution in [0.1, 0.15) is 25.7 Å². The van der Waals surface area contributed by atoms with Gasteiger partial charge in [-0.3, -0.25) is 14.8 Å². The molecule has 104 valence electrons. The van der Waals surface area contributed by atoms with Crippen LogP contribution in [0.4, 0.5) is 5.69 Å². The number of nitrogens with zero attached hydrogens (tertiary/aromatic N) is 2. The monoisotopic (exact) mass is 270 g/mol. The van der Waals surface area contributed by atoms with Crippen LogP contribution >= 0.6 is 0 Å². The van der Waals surface area contributed by atoms with Crippen LogP contribution in [0.5, 0.6) is 0 Å². The molecule has 20 heavy (non-hydrogen) atoms. The fraction of sp³-hybridized carbons (Fsp3) is 0.400. The molecule has 0 spiro atoms. The SMILES string of the molecule is NC1CCCC(C(=O)Nc2ccnc3ccncc23)C1. The number of aromatic nitrogens is 2. The minimum absolute atomic E-state index is 0.0126. The number of hydrogen-bond acceptors (Lipinski definition) is 4. The second kappa shape index (κ2) is 5.54. The van der Waals surface area contributed by atoms with Crippen LogP contribution in [0, 0.1) is 5.92 Å². The Balaban J connectivity index is 1.80. The van der Waals surface area contributed by atoms with Crippen LogP contribution in [-0.2, 0) is 4.79 Å². The highest BCUT2D eigenvalue weighted by Gasteiger charge is 2.25. The molecule has 1 fully saturated rings. The van der Waals surface area contributed by atoms with Gasteiger partial charge in [-0.2, -0.15) is 0 Å². The number of rotatable bonds is 2. The van der Waals surface area contributed by atoms with E-state index in [4.69, 9.17) is 5.73 Å². The first-order valence-corrected chi connectivity index (χ1v) is 6.99. The van der Waals surface area contributed by atoms with Crippen molar-refractivity contribution in [2.24, 2.45) is 11.7 Å². The molecular formula is C15H18N4O. The topological polar surface area (TPSA) is 80.9 Å². The third-order valence-electron chi connectivity index (χ3n) is 3.89. The van der Waals surface area contributed by atoms with E-state index >= 15 is 0 Å². The van der Waals surface area contributed by atoms with E-state index in [9.17, 15) is 4.79 Å². The molecule has 0 saturated heterocycles. The second-order valence-electron chi connectivity index (χ2n) is 5.36. The van der Waals surface area contributed by atoms with Gasteiger partial charge in [0.05, 0.1) is 11.2 Å². The van der Waals surface area contributed by atoms with Gasteiger partial charge in [0.25, 0.3) is 0 Å². The molecule has 2 aromatic rings. The highest BCUT2D eigenvalue weighted by Crippen LogP contribution is 2.26. The van der Waals surface area contributed by atoms with E-state index in [0.717, 1.165) is 42.3 Å². The summed E-state index contributed by atoms with van der Waals surface area (Å²) in [7, 11) is 0. The summed E-state index contributed by atoms with van der Waals surface area (Å²) >= 11 is 0. The first kappa shape index (κ1) is 13.0. The van der Waals surface area contributed by atoms with Crippen molar-refractivity contribution < 1.29 is 4.79 Å². The Morgan fingerprint density at radius 2 is 2.20 bits per heavy atom. The molecule has 0 aliphatic heterocycles. The van der Waals surface area contributed by atoms with Gasteiger partial charge in [-0.25, -0.2) is 0 Å². The zero-order valence-corrected chi connectivity index (χ0v) is 11.2. The third-order valence-corrected chi connectivity index (χ3v) is 3.89. The maximum absolute atomic E-state index is 12.3. The molecule has 1 aliphatic rings. The average molecular weight is 270 g/mol. The molecule has 0 aromatic carbocycles. The average Bonchev–Trinajstić information content (AvgIpc) is 2.47. The van der Waals surface area contributed by atoms with E-state index in [-0.39, 0.29) is 17.9 Å². The normalized spacial score (nSPS) is 22.6. The predicted octanol–water partition coefficient (Wildman–Crippen LogP) is 2.09. The summed E-state index contributed by atoms with van der Waals surface area (Å²) in [6.07, 6.45) is 8.86. The number of anilines is 1. The van der Waals surface area contributed by atoms with Gasteiger partial charge < -0.3 is 11.1 Å². The lowest BCUT2D eigenvalue weighted by atomic mass is 9.85. The highest BCUT2D eigenvalue weighted by molar-refractivity contribution is 6.01. The number of nitrogens with one attached hydrogen (secondary N) is 1. The number of hydrogen-bond donors (Lipinski definition) is 2. The molecule has 2 aromatic heterocycles. The maximum atomic E-state index is 12.3. The number of carbonyl (C=O) groups is 1. The Morgan fingerprint density at radius 1 is 1.30 bits per heavy atom. The van der Waals surface area contributed by atoms with Crippen molar-refractivity contribution in [3.05, 3.63) is 30.7 Å². The molecule has 5 nitrogen and oxygen atoms in total. The quantitative estimate of drug-likeness (QED) is 0.875. The molecule has 1 aliphatic carbocycles. The summed E-state index contributed by atoms with van der Waals surface area (Å²) in [5.74, 6) is 0.0649. The molecule has 2 unspecified atom stereocenters. The summed E-state index contributed by atoms with van der Waals surface area (Å²) < 4.78 is 0. The number of pyridine rings is 2. The molecule has 0 radical (unpaired) electrons. The van der Waals surface area contributed by atoms with Crippen LogP contribution in [-0.4, -0.2) is 21.9 Å². The number of nitrogens with two attached hydrogens (primary N) is 1. The van der Waals surface area contributed by atoms with Crippen LogP contribution in [0.3, 0.4) is 0 Å². The Bertz CT molecular complexity index is 623. The molecule has 3 rings (SSSR count). The van der Waals surface area contributed by atoms with Crippen LogP contribution < -0.4 is 11.1 Å². The molecule has 3 N–H and O–H groups in total. The van der Waals surface area contributed by atoms with E-state index in [1.54, 1.807) is 18.6 Å². The summed E-state index contributed by atoms with van der Waals surface area (Å²) in [6.45, 7) is 0. The van der Waals surface area contributed by atoms with Gasteiger partial charge in [0.15, 0.2) is 0 Å². The Hall–Kier alpha value is -2.01. The van der Waals surface area contributed by atoms with Crippen LogP contribution in [0.25, 0.3) is 10.9 Å². The lowest BCUT2D eigenvalue weighted by Gasteiger charge is -2.25. The second-order valence-corrected chi connectivity index (χ2v) is 5.36. The predicted molar refractivity (Wildman–Crippen MR) is 78.1 cm³/mol. The van der Waals surface area contributed by atoms with Crippen LogP contribution in [0.2, 0.25) is 0 Å². The van der Waals surface area contributed by atoms with Crippen LogP contribution in [0.15, 0.2) is 30.7 Å². The van der Waals surface area contributed by atoms with Gasteiger partial charge in [-0.15, -0.1) is 0 Å². The smallest absolute Gasteiger partial charge is 0.227 e. The molecule has 1 saturated carbocycles. The van der Waals surface area contributed by atoms with Crippen molar-refractivity contribution in [1.29, 1.82) is 0 Å². The Kier molecular flexibility index (Phi) is 3.60. The first-order valence-electron chi connectivity index (χ1n) is 6.99. The molecule has 1 amide bonds. The van der Waals surface area contributed by atoms with Crippen molar-refractivity contribution in [1.82, 2.24) is 9.97 Å². The number of carbonyl (C=O) groups excluding carboxylic acids is 1. The zero-order valence-electron chi connectivity index (χ0n) is 11.2. The van der Waals surface area contributed by atoms with Crippen molar-refractivity contribution in [3.63, 3.8) is 0 Å². The van der Waals surface area contributed by atoms with E-state index < -0.39 is 0 Å². The molecule has 2 heterocycles. The van der Waals surface area contributed by atoms with E-state index in [1.165, 1.54) is 0 Å². The standard InChI is InChI=1S/C15H18N4O/c16-11-3-1-2-10(8-11)15(20)19-14-5-7-18-13-4-6-17-9-12(13)14/h4-7,9-11H,1-3,8,16H2,(H,18,19,20). The van der Waals surface area contributed by atoms with Gasteiger partial charge >= 0.3 is 0 Å². The fourth-order valence-electron chi connectivity index (χ4n) is 2.80. The minimum atomic E-state index is 0.0126. The van der Waals surface area contributed by atoms with Crippen molar-refractivity contribution >= 4 is 22.5 Å². The van der Waals surface area contributed by atoms with Crippen molar-refractivity contribution in [2.75, 3.05) is 5.32 Å². The molecule has 2 atom stereocenters. The first-order chi connectivity index (χ1) is 9.74. The lowest BCUT2D eigenvalue weighted by molar-refractivity contribution is -0.120. The van der Waals surface area contributed by atoms with Crippen molar-refractivity contribution in [2.45, 2.75) is 31.7 Å². The van der Waals surface area contributed by atoms with Gasteiger partial charge in [0.2, 0.25) is 5.91 Å². The van der Waals surface area contributed by atoms with E-state index in [0.29, 0.717) is 0 Å². The van der Waals surface area contributed by atoms with Gasteiger partial charge in [-0.05, 0) is 31.4 Å². The molecule has 5 heteroatoms. The Labute approximate surface area is 117 Å². The Morgan fingerprint density at radius 3 is 3.05 bits per heavy atom. The van der Waals surface area contributed by atoms with E-state index in [1.807, 2.05) is 12.1 Å². The summed E-state index contributed by atoms with van der Waals surface area (Å²) in [5, 5.41) is 3.87. The zero-order chi connectivity index (χ0) is 13.9. The summed E-state index contributed by atoms with van der Waals surface area (Å²) in [4.78, 5) is 20.7. The number of fused-ring (bicyclic) bond motifs is 1. The van der Waals surface area contributed by atoms with Gasteiger partial charge in [0.1, 0.15) is 0 Å². The largest absolute Gasteiger partial charge is 0.328 e. The highest BCUT2D eigenvalue weighted by atomic mass is 16.1. The van der Waals surface area contributed by atoms with Gasteiger partial charge in [-0.1, -0.05) is 6.42 Å². The van der Waals surface area contributed by atoms with Gasteiger partial charge in [0, 0.05) is 35.9 Å². The summed E-state index contributed by atoms with van der Waals surface area (Å²) in [6, 6.07) is 3.79. The maximum Gasteiger partial charge on any atom is 0.227 e. The third kappa shape index (κ3) is 2.63. The molecular weight excluding hydrogens is 252 g/mol. The van der Waals surface area contributed by atoms with E-state index in [2.05, 4.69) is 15.3 Å². The fourth-order valence-corrected chi connectivity index (χ4v) is 2.80.